The lowest BCUT2D eigenvalue weighted by Gasteiger charge is -2.24. The lowest BCUT2D eigenvalue weighted by atomic mass is 9.95. The molecule has 0 saturated heterocycles. The van der Waals surface area contributed by atoms with Gasteiger partial charge in [0.15, 0.2) is 0 Å². The fourth-order valence-electron chi connectivity index (χ4n) is 4.34. The molecule has 1 N–H and O–H groups in total. The molecule has 1 atom stereocenters. The molecule has 0 radical (unpaired) electrons. The highest BCUT2D eigenvalue weighted by Crippen LogP contribution is 2.40. The molecule has 7 heteroatoms. The summed E-state index contributed by atoms with van der Waals surface area (Å²) in [6.07, 6.45) is 1.42. The van der Waals surface area contributed by atoms with Gasteiger partial charge >= 0.3 is 0 Å². The average Bonchev–Trinajstić information content (AvgIpc) is 3.10. The summed E-state index contributed by atoms with van der Waals surface area (Å²) in [5, 5.41) is 4.12. The Balaban J connectivity index is 1.70. The predicted molar refractivity (Wildman–Crippen MR) is 124 cm³/mol. The van der Waals surface area contributed by atoms with Crippen molar-refractivity contribution in [1.29, 1.82) is 0 Å². The first kappa shape index (κ1) is 22.5. The molecule has 1 aliphatic rings. The first-order valence-corrected chi connectivity index (χ1v) is 10.9. The Morgan fingerprint density at radius 2 is 1.97 bits per heavy atom. The second kappa shape index (κ2) is 9.40. The van der Waals surface area contributed by atoms with Crippen molar-refractivity contribution in [2.45, 2.75) is 32.2 Å². The number of benzene rings is 3. The maximum Gasteiger partial charge on any atom is 0.259 e. The third-order valence-electron chi connectivity index (χ3n) is 5.97. The van der Waals surface area contributed by atoms with Gasteiger partial charge in [0.25, 0.3) is 5.91 Å². The number of carbonyl (C=O) groups is 3. The molecule has 1 aliphatic heterocycles. The van der Waals surface area contributed by atoms with Crippen LogP contribution in [0.25, 0.3) is 10.8 Å². The van der Waals surface area contributed by atoms with Crippen molar-refractivity contribution in [1.82, 2.24) is 5.32 Å². The molecule has 1 unspecified atom stereocenters. The zero-order chi connectivity index (χ0) is 23.5. The van der Waals surface area contributed by atoms with Crippen molar-refractivity contribution in [3.63, 3.8) is 0 Å². The number of hydrogen-bond acceptors (Lipinski definition) is 4. The molecule has 1 heterocycles. The van der Waals surface area contributed by atoms with Gasteiger partial charge in [0, 0.05) is 36.9 Å². The molecule has 0 aliphatic carbocycles. The van der Waals surface area contributed by atoms with Gasteiger partial charge in [0.2, 0.25) is 5.91 Å². The van der Waals surface area contributed by atoms with E-state index in [0.29, 0.717) is 41.9 Å². The maximum atomic E-state index is 14.7. The van der Waals surface area contributed by atoms with Crippen LogP contribution in [0.1, 0.15) is 41.3 Å². The van der Waals surface area contributed by atoms with Crippen LogP contribution in [0, 0.1) is 5.82 Å². The number of rotatable bonds is 9. The monoisotopic (exact) mass is 448 g/mol. The number of hydrogen-bond donors (Lipinski definition) is 1. The van der Waals surface area contributed by atoms with Crippen LogP contribution in [0.3, 0.4) is 0 Å². The molecule has 0 aromatic heterocycles. The second-order valence-corrected chi connectivity index (χ2v) is 7.93. The Morgan fingerprint density at radius 3 is 2.67 bits per heavy atom. The van der Waals surface area contributed by atoms with E-state index in [9.17, 15) is 18.8 Å². The number of halogens is 1. The van der Waals surface area contributed by atoms with Gasteiger partial charge in [0.05, 0.1) is 18.3 Å². The third-order valence-corrected chi connectivity index (χ3v) is 5.97. The van der Waals surface area contributed by atoms with Crippen LogP contribution < -0.4 is 15.0 Å². The SMILES string of the molecule is CCOc1ccc(Cc2ccc3c4c(cccc24)N(C(C=O)CCC(=O)NC)C3=O)c(F)c1. The Bertz CT molecular complexity index is 1240. The molecule has 33 heavy (non-hydrogen) atoms. The van der Waals surface area contributed by atoms with Crippen molar-refractivity contribution in [2.75, 3.05) is 18.6 Å². The quantitative estimate of drug-likeness (QED) is 0.502. The summed E-state index contributed by atoms with van der Waals surface area (Å²) < 4.78 is 20.0. The van der Waals surface area contributed by atoms with Gasteiger partial charge in [-0.15, -0.1) is 0 Å². The Morgan fingerprint density at radius 1 is 1.18 bits per heavy atom. The number of nitrogens with one attached hydrogen (secondary N) is 1. The lowest BCUT2D eigenvalue weighted by Crippen LogP contribution is -2.39. The molecule has 0 bridgehead atoms. The summed E-state index contributed by atoms with van der Waals surface area (Å²) in [5.41, 5.74) is 2.54. The summed E-state index contributed by atoms with van der Waals surface area (Å²) in [4.78, 5) is 38.2. The first-order valence-electron chi connectivity index (χ1n) is 10.9. The summed E-state index contributed by atoms with van der Waals surface area (Å²) in [6, 6.07) is 13.2. The fraction of sp³-hybridized carbons (Fsp3) is 0.269. The van der Waals surface area contributed by atoms with Crippen molar-refractivity contribution in [3.05, 3.63) is 71.0 Å². The van der Waals surface area contributed by atoms with Crippen molar-refractivity contribution < 1.29 is 23.5 Å². The molecule has 3 aromatic carbocycles. The van der Waals surface area contributed by atoms with Crippen LogP contribution in [0.2, 0.25) is 0 Å². The minimum atomic E-state index is -0.750. The molecular weight excluding hydrogens is 423 g/mol. The number of amides is 2. The van der Waals surface area contributed by atoms with Gasteiger partial charge < -0.3 is 14.8 Å². The van der Waals surface area contributed by atoms with Crippen LogP contribution >= 0.6 is 0 Å². The first-order chi connectivity index (χ1) is 16.0. The highest BCUT2D eigenvalue weighted by Gasteiger charge is 2.35. The Kier molecular flexibility index (Phi) is 6.40. The largest absolute Gasteiger partial charge is 0.494 e. The molecule has 170 valence electrons. The topological polar surface area (TPSA) is 75.7 Å². The van der Waals surface area contributed by atoms with E-state index < -0.39 is 6.04 Å². The number of anilines is 1. The van der Waals surface area contributed by atoms with E-state index in [2.05, 4.69) is 5.32 Å². The van der Waals surface area contributed by atoms with E-state index in [0.717, 1.165) is 16.3 Å². The average molecular weight is 448 g/mol. The fourth-order valence-corrected chi connectivity index (χ4v) is 4.34. The zero-order valence-electron chi connectivity index (χ0n) is 18.6. The van der Waals surface area contributed by atoms with Gasteiger partial charge in [-0.05, 0) is 48.1 Å². The van der Waals surface area contributed by atoms with E-state index in [1.54, 1.807) is 24.3 Å². The molecular formula is C26H25FN2O4. The molecule has 0 spiro atoms. The lowest BCUT2D eigenvalue weighted by molar-refractivity contribution is -0.120. The van der Waals surface area contributed by atoms with Crippen molar-refractivity contribution in [3.8, 4) is 5.75 Å². The van der Waals surface area contributed by atoms with E-state index in [4.69, 9.17) is 4.74 Å². The summed E-state index contributed by atoms with van der Waals surface area (Å²) in [5.74, 6) is -0.327. The van der Waals surface area contributed by atoms with E-state index >= 15 is 0 Å². The summed E-state index contributed by atoms with van der Waals surface area (Å²) >= 11 is 0. The van der Waals surface area contributed by atoms with Gasteiger partial charge in [0.1, 0.15) is 17.9 Å². The molecule has 2 amide bonds. The Labute approximate surface area is 191 Å². The second-order valence-electron chi connectivity index (χ2n) is 7.93. The van der Waals surface area contributed by atoms with Crippen LogP contribution in [0.5, 0.6) is 5.75 Å². The zero-order valence-corrected chi connectivity index (χ0v) is 18.6. The van der Waals surface area contributed by atoms with E-state index in [1.807, 2.05) is 25.1 Å². The summed E-state index contributed by atoms with van der Waals surface area (Å²) in [6.45, 7) is 2.31. The highest BCUT2D eigenvalue weighted by atomic mass is 19.1. The van der Waals surface area contributed by atoms with Crippen molar-refractivity contribution >= 4 is 34.6 Å². The molecule has 4 rings (SSSR count). The van der Waals surface area contributed by atoms with Crippen LogP contribution in [-0.4, -0.2) is 37.8 Å². The maximum absolute atomic E-state index is 14.7. The smallest absolute Gasteiger partial charge is 0.259 e. The standard InChI is InChI=1S/C26H25FN2O4/c1-3-33-19-10-7-17(22(27)14-19)13-16-8-11-21-25-20(16)5-4-6-23(25)29(26(21)32)18(15-30)9-12-24(31)28-2/h4-8,10-11,14-15,18H,3,9,12-13H2,1-2H3,(H,28,31). The van der Waals surface area contributed by atoms with Gasteiger partial charge in [-0.2, -0.15) is 0 Å². The van der Waals surface area contributed by atoms with Crippen LogP contribution in [-0.2, 0) is 16.0 Å². The van der Waals surface area contributed by atoms with Crippen LogP contribution in [0.4, 0.5) is 10.1 Å². The predicted octanol–water partition coefficient (Wildman–Crippen LogP) is 4.02. The third kappa shape index (κ3) is 4.18. The van der Waals surface area contributed by atoms with Crippen molar-refractivity contribution in [2.24, 2.45) is 0 Å². The highest BCUT2D eigenvalue weighted by molar-refractivity contribution is 6.26. The van der Waals surface area contributed by atoms with E-state index in [-0.39, 0.29) is 30.5 Å². The number of ether oxygens (including phenoxy) is 1. The van der Waals surface area contributed by atoms with Gasteiger partial charge in [-0.3, -0.25) is 14.5 Å². The minimum absolute atomic E-state index is 0.137. The minimum Gasteiger partial charge on any atom is -0.494 e. The molecule has 0 fully saturated rings. The normalized spacial score (nSPS) is 13.3. The number of nitrogens with zero attached hydrogens (tertiary/aromatic N) is 1. The van der Waals surface area contributed by atoms with E-state index in [1.165, 1.54) is 18.0 Å². The van der Waals surface area contributed by atoms with Gasteiger partial charge in [-0.1, -0.05) is 24.3 Å². The molecule has 6 nitrogen and oxygen atoms in total. The van der Waals surface area contributed by atoms with Crippen LogP contribution in [0.15, 0.2) is 48.5 Å². The summed E-state index contributed by atoms with van der Waals surface area (Å²) in [7, 11) is 1.53. The molecule has 3 aromatic rings. The molecule has 0 saturated carbocycles. The number of carbonyl (C=O) groups excluding carboxylic acids is 3. The van der Waals surface area contributed by atoms with Gasteiger partial charge in [-0.25, -0.2) is 4.39 Å². The number of aldehydes is 1. The Hall–Kier alpha value is -3.74.